The van der Waals surface area contributed by atoms with E-state index in [4.69, 9.17) is 4.74 Å². The number of aromatic nitrogens is 3. The van der Waals surface area contributed by atoms with Gasteiger partial charge >= 0.3 is 0 Å². The summed E-state index contributed by atoms with van der Waals surface area (Å²) in [4.78, 5) is 0. The van der Waals surface area contributed by atoms with Crippen LogP contribution in [0.15, 0.2) is 120 Å². The number of hydrogen-bond donors (Lipinski definition) is 0. The van der Waals surface area contributed by atoms with Gasteiger partial charge in [-0.2, -0.15) is 0 Å². The first-order chi connectivity index (χ1) is 15.8. The van der Waals surface area contributed by atoms with Gasteiger partial charge in [0.15, 0.2) is 0 Å². The van der Waals surface area contributed by atoms with E-state index < -0.39 is 7.05 Å². The van der Waals surface area contributed by atoms with Crippen molar-refractivity contribution in [2.75, 3.05) is 0 Å². The lowest BCUT2D eigenvalue weighted by molar-refractivity contribution is 0.464. The smallest absolute Gasteiger partial charge is 0.143 e. The van der Waals surface area contributed by atoms with Crippen molar-refractivity contribution in [1.29, 1.82) is 0 Å². The summed E-state index contributed by atoms with van der Waals surface area (Å²) in [5.74, 6) is 0. The average Bonchev–Trinajstić information content (AvgIpc) is 3.31. The summed E-state index contributed by atoms with van der Waals surface area (Å²) in [6.45, 7) is 2.17. The van der Waals surface area contributed by atoms with Crippen molar-refractivity contribution in [3.05, 3.63) is 115 Å². The monoisotopic (exact) mass is 436 g/mol. The number of rotatable bonds is 6. The van der Waals surface area contributed by atoms with Gasteiger partial charge in [-0.1, -0.05) is 115 Å². The first-order valence-corrected chi connectivity index (χ1v) is 12.7. The molecule has 1 unspecified atom stereocenters. The van der Waals surface area contributed by atoms with Crippen LogP contribution in [0.4, 0.5) is 0 Å². The minimum absolute atomic E-state index is 0.142. The highest BCUT2D eigenvalue weighted by atomic mass is 31.2. The van der Waals surface area contributed by atoms with Crippen molar-refractivity contribution in [2.45, 2.75) is 19.5 Å². The summed E-state index contributed by atoms with van der Waals surface area (Å²) < 4.78 is 7.69. The third-order valence-electron chi connectivity index (χ3n) is 5.72. The summed E-state index contributed by atoms with van der Waals surface area (Å²) in [5, 5.41) is 12.6. The first-order valence-electron chi connectivity index (χ1n) is 10.9. The molecule has 0 spiro atoms. The van der Waals surface area contributed by atoms with Gasteiger partial charge in [-0.05, 0) is 18.6 Å². The van der Waals surface area contributed by atoms with E-state index in [2.05, 4.69) is 114 Å². The second kappa shape index (κ2) is 8.94. The topological polar surface area (TPSA) is 43.1 Å². The molecule has 5 heteroatoms. The van der Waals surface area contributed by atoms with E-state index in [0.717, 1.165) is 17.5 Å². The molecule has 5 aromatic rings. The predicted octanol–water partition coefficient (Wildman–Crippen LogP) is 5.52. The van der Waals surface area contributed by atoms with E-state index in [1.54, 1.807) is 0 Å². The maximum Gasteiger partial charge on any atom is 0.143 e. The Hall–Kier alpha value is -3.49. The molecular formula is C27H25N4P. The highest BCUT2D eigenvalue weighted by Gasteiger charge is 2.29. The van der Waals surface area contributed by atoms with Crippen molar-refractivity contribution in [3.63, 3.8) is 0 Å². The number of nitrogens with zero attached hydrogens (tertiary/aromatic N) is 4. The van der Waals surface area contributed by atoms with Crippen molar-refractivity contribution in [2.24, 2.45) is 4.74 Å². The lowest BCUT2D eigenvalue weighted by Gasteiger charge is -2.29. The standard InChI is InChI=1S/C27H25N4P/c1-2-27(31-26-21-13-12-20-25(26)28-30-31)29-32(22-14-6-3-7-15-22,23-16-8-4-9-17-23)24-18-10-5-11-19-24/h3-21,27H,2H2,1H3. The fraction of sp³-hybridized carbons (Fsp3) is 0.111. The molecule has 0 aliphatic heterocycles. The molecule has 5 rings (SSSR count). The normalized spacial score (nSPS) is 12.5. The van der Waals surface area contributed by atoms with Gasteiger partial charge in [0.05, 0.1) is 12.6 Å². The molecule has 0 aliphatic carbocycles. The number of fused-ring (bicyclic) bond motifs is 1. The highest BCUT2D eigenvalue weighted by molar-refractivity contribution is 7.87. The molecule has 0 bridgehead atoms. The van der Waals surface area contributed by atoms with E-state index >= 15 is 0 Å². The zero-order valence-corrected chi connectivity index (χ0v) is 18.9. The molecule has 32 heavy (non-hydrogen) atoms. The van der Waals surface area contributed by atoms with Crippen LogP contribution < -0.4 is 15.9 Å². The minimum atomic E-state index is -2.31. The Morgan fingerprint density at radius 3 is 1.66 bits per heavy atom. The third-order valence-corrected chi connectivity index (χ3v) is 9.47. The van der Waals surface area contributed by atoms with Crippen LogP contribution in [0.2, 0.25) is 0 Å². The van der Waals surface area contributed by atoms with Gasteiger partial charge < -0.3 is 0 Å². The molecule has 1 aromatic heterocycles. The van der Waals surface area contributed by atoms with Crippen molar-refractivity contribution < 1.29 is 0 Å². The van der Waals surface area contributed by atoms with Crippen LogP contribution in [0.3, 0.4) is 0 Å². The van der Waals surface area contributed by atoms with Gasteiger partial charge in [-0.25, -0.2) is 4.68 Å². The zero-order chi connectivity index (χ0) is 21.8. The van der Waals surface area contributed by atoms with E-state index in [1.165, 1.54) is 15.9 Å². The molecule has 0 amide bonds. The first kappa shape index (κ1) is 20.4. The van der Waals surface area contributed by atoms with Crippen LogP contribution in [-0.4, -0.2) is 15.0 Å². The van der Waals surface area contributed by atoms with Crippen molar-refractivity contribution in [3.8, 4) is 0 Å². The van der Waals surface area contributed by atoms with Crippen LogP contribution in [0.25, 0.3) is 11.0 Å². The summed E-state index contributed by atoms with van der Waals surface area (Å²) in [7, 11) is -2.31. The Morgan fingerprint density at radius 2 is 1.16 bits per heavy atom. The van der Waals surface area contributed by atoms with Gasteiger partial charge in [0.1, 0.15) is 11.7 Å². The van der Waals surface area contributed by atoms with Gasteiger partial charge in [0.2, 0.25) is 0 Å². The largest absolute Gasteiger partial charge is 0.263 e. The summed E-state index contributed by atoms with van der Waals surface area (Å²) in [6, 6.07) is 40.2. The van der Waals surface area contributed by atoms with Crippen molar-refractivity contribution in [1.82, 2.24) is 15.0 Å². The molecule has 4 nitrogen and oxygen atoms in total. The van der Waals surface area contributed by atoms with Crippen molar-refractivity contribution >= 4 is 34.0 Å². The Labute approximate surface area is 188 Å². The van der Waals surface area contributed by atoms with E-state index in [-0.39, 0.29) is 6.17 Å². The van der Waals surface area contributed by atoms with Gasteiger partial charge in [-0.15, -0.1) is 5.10 Å². The van der Waals surface area contributed by atoms with E-state index in [1.807, 2.05) is 22.9 Å². The van der Waals surface area contributed by atoms with Gasteiger partial charge in [0.25, 0.3) is 0 Å². The second-order valence-corrected chi connectivity index (χ2v) is 10.7. The molecule has 0 fully saturated rings. The predicted molar refractivity (Wildman–Crippen MR) is 134 cm³/mol. The second-order valence-electron chi connectivity index (χ2n) is 7.67. The van der Waals surface area contributed by atoms with E-state index in [9.17, 15) is 0 Å². The molecule has 158 valence electrons. The Morgan fingerprint density at radius 1 is 0.688 bits per heavy atom. The fourth-order valence-electron chi connectivity index (χ4n) is 4.19. The number of para-hydroxylation sites is 1. The van der Waals surface area contributed by atoms with Crippen LogP contribution >= 0.6 is 7.05 Å². The highest BCUT2D eigenvalue weighted by Crippen LogP contribution is 2.49. The quantitative estimate of drug-likeness (QED) is 0.329. The molecular weight excluding hydrogens is 411 g/mol. The maximum absolute atomic E-state index is 5.70. The fourth-order valence-corrected chi connectivity index (χ4v) is 7.96. The molecule has 0 N–H and O–H groups in total. The van der Waals surface area contributed by atoms with Crippen LogP contribution in [0, 0.1) is 0 Å². The van der Waals surface area contributed by atoms with Crippen LogP contribution in [-0.2, 0) is 0 Å². The average molecular weight is 436 g/mol. The maximum atomic E-state index is 5.70. The molecule has 4 aromatic carbocycles. The molecule has 0 saturated heterocycles. The number of benzene rings is 4. The number of hydrogen-bond acceptors (Lipinski definition) is 3. The summed E-state index contributed by atoms with van der Waals surface area (Å²) in [6.07, 6.45) is 0.679. The summed E-state index contributed by atoms with van der Waals surface area (Å²) >= 11 is 0. The molecule has 1 heterocycles. The molecule has 0 aliphatic rings. The van der Waals surface area contributed by atoms with Crippen LogP contribution in [0.5, 0.6) is 0 Å². The lowest BCUT2D eigenvalue weighted by Crippen LogP contribution is -2.26. The molecule has 0 saturated carbocycles. The lowest BCUT2D eigenvalue weighted by atomic mass is 10.3. The zero-order valence-electron chi connectivity index (χ0n) is 18.0. The van der Waals surface area contributed by atoms with Crippen LogP contribution in [0.1, 0.15) is 19.5 Å². The van der Waals surface area contributed by atoms with E-state index in [0.29, 0.717) is 0 Å². The Balaban J connectivity index is 1.86. The summed E-state index contributed by atoms with van der Waals surface area (Å²) in [5.41, 5.74) is 1.90. The SMILES string of the molecule is CCC(N=P(c1ccccc1)(c1ccccc1)c1ccccc1)n1nnc2ccccc21. The van der Waals surface area contributed by atoms with Gasteiger partial charge in [-0.3, -0.25) is 4.74 Å². The Bertz CT molecular complexity index is 1260. The molecule has 0 radical (unpaired) electrons. The van der Waals surface area contributed by atoms with Gasteiger partial charge in [0, 0.05) is 15.9 Å². The third kappa shape index (κ3) is 3.57. The molecule has 1 atom stereocenters. The minimum Gasteiger partial charge on any atom is -0.263 e. The Kier molecular flexibility index (Phi) is 5.70.